The average molecular weight is 246 g/mol. The van der Waals surface area contributed by atoms with Crippen LogP contribution in [0.25, 0.3) is 5.65 Å². The normalized spacial score (nSPS) is 23.7. The van der Waals surface area contributed by atoms with Crippen LogP contribution in [0.5, 0.6) is 0 Å². The highest BCUT2D eigenvalue weighted by Crippen LogP contribution is 2.28. The van der Waals surface area contributed by atoms with Crippen molar-refractivity contribution in [1.29, 1.82) is 0 Å². The summed E-state index contributed by atoms with van der Waals surface area (Å²) in [5.74, 6) is 1.32. The fourth-order valence-corrected chi connectivity index (χ4v) is 2.79. The van der Waals surface area contributed by atoms with E-state index in [9.17, 15) is 5.11 Å². The quantitative estimate of drug-likeness (QED) is 0.863. The molecule has 5 heteroatoms. The third-order valence-electron chi connectivity index (χ3n) is 3.75. The van der Waals surface area contributed by atoms with Crippen LogP contribution in [0.2, 0.25) is 0 Å². The van der Waals surface area contributed by atoms with Gasteiger partial charge in [0, 0.05) is 18.6 Å². The lowest BCUT2D eigenvalue weighted by atomic mass is 10.1. The predicted octanol–water partition coefficient (Wildman–Crippen LogP) is 1.61. The molecule has 0 amide bonds. The maximum absolute atomic E-state index is 9.37. The molecule has 0 aromatic carbocycles. The van der Waals surface area contributed by atoms with E-state index in [1.54, 1.807) is 6.33 Å². The molecule has 0 radical (unpaired) electrons. The molecule has 2 unspecified atom stereocenters. The van der Waals surface area contributed by atoms with E-state index in [1.807, 2.05) is 10.6 Å². The molecule has 1 aliphatic rings. The van der Waals surface area contributed by atoms with Gasteiger partial charge in [-0.2, -0.15) is 9.61 Å². The second kappa shape index (κ2) is 4.57. The van der Waals surface area contributed by atoms with E-state index in [-0.39, 0.29) is 6.61 Å². The maximum atomic E-state index is 9.37. The van der Waals surface area contributed by atoms with Crippen molar-refractivity contribution in [1.82, 2.24) is 14.6 Å². The van der Waals surface area contributed by atoms with E-state index >= 15 is 0 Å². The van der Waals surface area contributed by atoms with E-state index in [4.69, 9.17) is 0 Å². The van der Waals surface area contributed by atoms with Gasteiger partial charge in [0.15, 0.2) is 5.65 Å². The van der Waals surface area contributed by atoms with Crippen LogP contribution in [-0.4, -0.2) is 32.4 Å². The Morgan fingerprint density at radius 3 is 3.17 bits per heavy atom. The summed E-state index contributed by atoms with van der Waals surface area (Å²) in [4.78, 5) is 4.22. The number of aliphatic hydroxyl groups excluding tert-OH is 1. The van der Waals surface area contributed by atoms with E-state index in [1.165, 1.54) is 6.42 Å². The van der Waals surface area contributed by atoms with Crippen LogP contribution in [0.1, 0.15) is 24.8 Å². The highest BCUT2D eigenvalue weighted by molar-refractivity contribution is 5.51. The lowest BCUT2D eigenvalue weighted by Crippen LogP contribution is -2.27. The van der Waals surface area contributed by atoms with Crippen molar-refractivity contribution in [2.45, 2.75) is 32.2 Å². The Bertz CT molecular complexity index is 551. The summed E-state index contributed by atoms with van der Waals surface area (Å²) in [6, 6.07) is 4.43. The van der Waals surface area contributed by atoms with Gasteiger partial charge in [-0.1, -0.05) is 6.42 Å². The Balaban J connectivity index is 1.92. The fraction of sp³-hybridized carbons (Fsp3) is 0.538. The molecule has 0 aliphatic heterocycles. The van der Waals surface area contributed by atoms with Gasteiger partial charge in [-0.05, 0) is 37.5 Å². The molecule has 2 aromatic rings. The van der Waals surface area contributed by atoms with Gasteiger partial charge in [0.05, 0.1) is 0 Å². The lowest BCUT2D eigenvalue weighted by Gasteiger charge is -2.20. The first-order valence-corrected chi connectivity index (χ1v) is 6.45. The van der Waals surface area contributed by atoms with Crippen LogP contribution in [-0.2, 0) is 0 Å². The van der Waals surface area contributed by atoms with Gasteiger partial charge in [0.1, 0.15) is 12.1 Å². The number of pyridine rings is 1. The number of aliphatic hydroxyl groups is 1. The molecule has 96 valence electrons. The molecule has 2 heterocycles. The molecular weight excluding hydrogens is 228 g/mol. The number of aryl methyl sites for hydroxylation is 1. The second-order valence-electron chi connectivity index (χ2n) is 5.07. The van der Waals surface area contributed by atoms with Gasteiger partial charge in [-0.3, -0.25) is 0 Å². The number of hydrogen-bond acceptors (Lipinski definition) is 4. The molecule has 1 fully saturated rings. The van der Waals surface area contributed by atoms with Crippen molar-refractivity contribution >= 4 is 11.5 Å². The molecule has 0 spiro atoms. The lowest BCUT2D eigenvalue weighted by molar-refractivity contribution is 0.222. The van der Waals surface area contributed by atoms with Crippen LogP contribution in [0, 0.1) is 12.8 Å². The Morgan fingerprint density at radius 1 is 1.44 bits per heavy atom. The summed E-state index contributed by atoms with van der Waals surface area (Å²) in [5.41, 5.74) is 2.02. The van der Waals surface area contributed by atoms with Crippen molar-refractivity contribution in [3.8, 4) is 0 Å². The zero-order valence-corrected chi connectivity index (χ0v) is 10.5. The molecule has 0 saturated heterocycles. The average Bonchev–Trinajstić information content (AvgIpc) is 2.96. The zero-order valence-electron chi connectivity index (χ0n) is 10.5. The Labute approximate surface area is 106 Å². The maximum Gasteiger partial charge on any atom is 0.157 e. The van der Waals surface area contributed by atoms with E-state index in [0.717, 1.165) is 29.9 Å². The van der Waals surface area contributed by atoms with E-state index in [2.05, 4.69) is 28.4 Å². The van der Waals surface area contributed by atoms with E-state index < -0.39 is 0 Å². The minimum Gasteiger partial charge on any atom is -0.396 e. The van der Waals surface area contributed by atoms with Crippen molar-refractivity contribution in [3.63, 3.8) is 0 Å². The Hall–Kier alpha value is -1.62. The molecule has 1 saturated carbocycles. The minimum absolute atomic E-state index is 0.254. The molecule has 5 nitrogen and oxygen atoms in total. The first-order chi connectivity index (χ1) is 8.78. The van der Waals surface area contributed by atoms with Gasteiger partial charge in [0.2, 0.25) is 0 Å². The topological polar surface area (TPSA) is 62.5 Å². The van der Waals surface area contributed by atoms with Gasteiger partial charge in [0.25, 0.3) is 0 Å². The van der Waals surface area contributed by atoms with Crippen molar-refractivity contribution in [2.24, 2.45) is 5.92 Å². The van der Waals surface area contributed by atoms with Crippen LogP contribution in [0.4, 0.5) is 5.82 Å². The summed E-state index contributed by atoms with van der Waals surface area (Å²) < 4.78 is 1.82. The summed E-state index contributed by atoms with van der Waals surface area (Å²) >= 11 is 0. The molecular formula is C13H18N4O. The summed E-state index contributed by atoms with van der Waals surface area (Å²) in [7, 11) is 0. The van der Waals surface area contributed by atoms with Gasteiger partial charge < -0.3 is 10.4 Å². The van der Waals surface area contributed by atoms with Crippen LogP contribution >= 0.6 is 0 Å². The highest BCUT2D eigenvalue weighted by Gasteiger charge is 2.27. The first kappa shape index (κ1) is 11.5. The fourth-order valence-electron chi connectivity index (χ4n) is 2.79. The minimum atomic E-state index is 0.254. The van der Waals surface area contributed by atoms with Crippen LogP contribution in [0.3, 0.4) is 0 Å². The molecule has 2 N–H and O–H groups in total. The summed E-state index contributed by atoms with van der Waals surface area (Å²) in [5, 5.41) is 17.1. The van der Waals surface area contributed by atoms with Crippen molar-refractivity contribution < 1.29 is 5.11 Å². The monoisotopic (exact) mass is 246 g/mol. The number of fused-ring (bicyclic) bond motifs is 1. The highest BCUT2D eigenvalue weighted by atomic mass is 16.3. The summed E-state index contributed by atoms with van der Waals surface area (Å²) in [6.45, 7) is 2.31. The van der Waals surface area contributed by atoms with Gasteiger partial charge in [-0.25, -0.2) is 4.98 Å². The molecule has 2 atom stereocenters. The number of nitrogens with one attached hydrogen (secondary N) is 1. The number of nitrogens with zero attached hydrogens (tertiary/aromatic N) is 3. The molecule has 2 aromatic heterocycles. The van der Waals surface area contributed by atoms with Crippen LogP contribution in [0.15, 0.2) is 18.5 Å². The van der Waals surface area contributed by atoms with Gasteiger partial charge >= 0.3 is 0 Å². The summed E-state index contributed by atoms with van der Waals surface area (Å²) in [6.07, 6.45) is 4.95. The predicted molar refractivity (Wildman–Crippen MR) is 69.6 cm³/mol. The number of rotatable bonds is 3. The molecule has 3 rings (SSSR count). The number of hydrogen-bond donors (Lipinski definition) is 2. The Morgan fingerprint density at radius 2 is 2.33 bits per heavy atom. The number of aromatic nitrogens is 3. The van der Waals surface area contributed by atoms with Crippen LogP contribution < -0.4 is 5.32 Å². The zero-order chi connectivity index (χ0) is 12.5. The first-order valence-electron chi connectivity index (χ1n) is 6.45. The smallest absolute Gasteiger partial charge is 0.157 e. The van der Waals surface area contributed by atoms with Crippen molar-refractivity contribution in [3.05, 3.63) is 24.0 Å². The molecule has 18 heavy (non-hydrogen) atoms. The SMILES string of the molecule is Cc1cc(NC2CCCC2CO)n2ncnc2c1. The molecule has 1 aliphatic carbocycles. The molecule has 0 bridgehead atoms. The van der Waals surface area contributed by atoms with Crippen molar-refractivity contribution in [2.75, 3.05) is 11.9 Å². The largest absolute Gasteiger partial charge is 0.396 e. The number of anilines is 1. The third-order valence-corrected chi connectivity index (χ3v) is 3.75. The third kappa shape index (κ3) is 1.95. The Kier molecular flexibility index (Phi) is 2.91. The van der Waals surface area contributed by atoms with E-state index in [0.29, 0.717) is 12.0 Å². The van der Waals surface area contributed by atoms with Gasteiger partial charge in [-0.15, -0.1) is 0 Å². The standard InChI is InChI=1S/C13H18N4O/c1-9-5-12-14-8-15-17(12)13(6-9)16-11-4-2-3-10(11)7-18/h5-6,8,10-11,16,18H,2-4,7H2,1H3. The second-order valence-corrected chi connectivity index (χ2v) is 5.07.